The van der Waals surface area contributed by atoms with E-state index >= 15 is 0 Å². The number of carbonyl (C=O) groups is 2. The number of amides is 2. The number of hydrogen-bond acceptors (Lipinski definition) is 3. The molecule has 0 radical (unpaired) electrons. The third-order valence-electron chi connectivity index (χ3n) is 3.02. The zero-order chi connectivity index (χ0) is 16.2. The van der Waals surface area contributed by atoms with Gasteiger partial charge in [-0.15, -0.1) is 12.4 Å². The van der Waals surface area contributed by atoms with Crippen LogP contribution in [0.4, 0.5) is 4.39 Å². The predicted octanol–water partition coefficient (Wildman–Crippen LogP) is 1.87. The highest BCUT2D eigenvalue weighted by atomic mass is 35.5. The smallest absolute Gasteiger partial charge is 0.251 e. The van der Waals surface area contributed by atoms with E-state index in [2.05, 4.69) is 22.9 Å². The standard InChI is InChI=1S/C16H24FN3O2.ClH/c1-2-9-18-11-12-19-15(21)4-3-10-20-16(22)13-5-7-14(17)8-6-13;/h5-8,18H,2-4,9-12H2,1H3,(H,19,21)(H,20,22);1H. The second kappa shape index (κ2) is 12.8. The molecule has 1 aromatic carbocycles. The van der Waals surface area contributed by atoms with Crippen molar-refractivity contribution in [3.63, 3.8) is 0 Å². The van der Waals surface area contributed by atoms with Crippen molar-refractivity contribution in [2.24, 2.45) is 0 Å². The summed E-state index contributed by atoms with van der Waals surface area (Å²) >= 11 is 0. The number of nitrogens with one attached hydrogen (secondary N) is 3. The van der Waals surface area contributed by atoms with Gasteiger partial charge in [0.25, 0.3) is 5.91 Å². The molecule has 0 saturated carbocycles. The summed E-state index contributed by atoms with van der Waals surface area (Å²) in [6.45, 7) is 4.83. The van der Waals surface area contributed by atoms with Gasteiger partial charge in [-0.3, -0.25) is 9.59 Å². The van der Waals surface area contributed by atoms with Gasteiger partial charge in [0.1, 0.15) is 5.82 Å². The molecule has 2 amide bonds. The van der Waals surface area contributed by atoms with Crippen LogP contribution in [0.5, 0.6) is 0 Å². The summed E-state index contributed by atoms with van der Waals surface area (Å²) in [6.07, 6.45) is 2.01. The summed E-state index contributed by atoms with van der Waals surface area (Å²) in [7, 11) is 0. The molecule has 0 fully saturated rings. The van der Waals surface area contributed by atoms with Crippen LogP contribution in [0.1, 0.15) is 36.5 Å². The Balaban J connectivity index is 0.00000484. The number of carbonyl (C=O) groups excluding carboxylic acids is 2. The minimum Gasteiger partial charge on any atom is -0.355 e. The van der Waals surface area contributed by atoms with Crippen molar-refractivity contribution in [3.05, 3.63) is 35.6 Å². The lowest BCUT2D eigenvalue weighted by Crippen LogP contribution is -2.32. The lowest BCUT2D eigenvalue weighted by molar-refractivity contribution is -0.121. The molecule has 130 valence electrons. The molecule has 0 atom stereocenters. The molecular formula is C16H25ClFN3O2. The molecule has 1 rings (SSSR count). The van der Waals surface area contributed by atoms with E-state index in [9.17, 15) is 14.0 Å². The van der Waals surface area contributed by atoms with Crippen LogP contribution in [0.15, 0.2) is 24.3 Å². The van der Waals surface area contributed by atoms with Gasteiger partial charge in [-0.1, -0.05) is 6.92 Å². The zero-order valence-electron chi connectivity index (χ0n) is 13.4. The highest BCUT2D eigenvalue weighted by Crippen LogP contribution is 2.02. The maximum absolute atomic E-state index is 12.7. The first-order valence-corrected chi connectivity index (χ1v) is 7.64. The summed E-state index contributed by atoms with van der Waals surface area (Å²) in [6, 6.07) is 5.35. The van der Waals surface area contributed by atoms with Gasteiger partial charge < -0.3 is 16.0 Å². The van der Waals surface area contributed by atoms with Crippen LogP contribution in [0.25, 0.3) is 0 Å². The number of hydrogen-bond donors (Lipinski definition) is 3. The lowest BCUT2D eigenvalue weighted by atomic mass is 10.2. The van der Waals surface area contributed by atoms with Gasteiger partial charge >= 0.3 is 0 Å². The molecule has 0 spiro atoms. The molecule has 5 nitrogen and oxygen atoms in total. The fourth-order valence-electron chi connectivity index (χ4n) is 1.83. The van der Waals surface area contributed by atoms with Crippen LogP contribution in [0, 0.1) is 5.82 Å². The van der Waals surface area contributed by atoms with Gasteiger partial charge in [0.15, 0.2) is 0 Å². The number of halogens is 2. The van der Waals surface area contributed by atoms with Gasteiger partial charge in [0.2, 0.25) is 5.91 Å². The van der Waals surface area contributed by atoms with Gasteiger partial charge in [0, 0.05) is 31.6 Å². The largest absolute Gasteiger partial charge is 0.355 e. The van der Waals surface area contributed by atoms with Crippen molar-refractivity contribution in [1.29, 1.82) is 0 Å². The monoisotopic (exact) mass is 345 g/mol. The average Bonchev–Trinajstić information content (AvgIpc) is 2.52. The molecule has 0 unspecified atom stereocenters. The molecule has 0 aromatic heterocycles. The van der Waals surface area contributed by atoms with Crippen LogP contribution in [-0.4, -0.2) is 38.0 Å². The van der Waals surface area contributed by atoms with E-state index in [4.69, 9.17) is 0 Å². The first-order chi connectivity index (χ1) is 10.6. The Labute approximate surface area is 142 Å². The molecule has 0 saturated heterocycles. The summed E-state index contributed by atoms with van der Waals surface area (Å²) in [5.74, 6) is -0.653. The third-order valence-corrected chi connectivity index (χ3v) is 3.02. The van der Waals surface area contributed by atoms with Gasteiger partial charge in [-0.05, 0) is 43.7 Å². The van der Waals surface area contributed by atoms with E-state index in [1.165, 1.54) is 24.3 Å². The first kappa shape index (κ1) is 21.3. The van der Waals surface area contributed by atoms with Crippen molar-refractivity contribution >= 4 is 24.2 Å². The highest BCUT2D eigenvalue weighted by molar-refractivity contribution is 5.94. The Morgan fingerprint density at radius 2 is 1.70 bits per heavy atom. The van der Waals surface area contributed by atoms with E-state index in [-0.39, 0.29) is 30.0 Å². The van der Waals surface area contributed by atoms with Gasteiger partial charge in [-0.25, -0.2) is 4.39 Å². The Morgan fingerprint density at radius 3 is 2.35 bits per heavy atom. The van der Waals surface area contributed by atoms with Crippen molar-refractivity contribution in [3.8, 4) is 0 Å². The Bertz CT molecular complexity index is 469. The highest BCUT2D eigenvalue weighted by Gasteiger charge is 2.05. The zero-order valence-corrected chi connectivity index (χ0v) is 14.2. The first-order valence-electron chi connectivity index (χ1n) is 7.64. The molecule has 1 aromatic rings. The molecule has 0 aliphatic heterocycles. The predicted molar refractivity (Wildman–Crippen MR) is 91.4 cm³/mol. The van der Waals surface area contributed by atoms with E-state index in [0.717, 1.165) is 19.5 Å². The minimum atomic E-state index is -0.373. The quantitative estimate of drug-likeness (QED) is 0.567. The van der Waals surface area contributed by atoms with E-state index in [0.29, 0.717) is 31.5 Å². The van der Waals surface area contributed by atoms with Gasteiger partial charge in [-0.2, -0.15) is 0 Å². The van der Waals surface area contributed by atoms with Crippen molar-refractivity contribution in [2.75, 3.05) is 26.2 Å². The molecule has 0 aliphatic carbocycles. The van der Waals surface area contributed by atoms with Crippen LogP contribution in [0.3, 0.4) is 0 Å². The molecule has 0 bridgehead atoms. The Kier molecular flexibility index (Phi) is 11.9. The van der Waals surface area contributed by atoms with Crippen LogP contribution in [-0.2, 0) is 4.79 Å². The van der Waals surface area contributed by atoms with Crippen LogP contribution in [0.2, 0.25) is 0 Å². The minimum absolute atomic E-state index is 0. The van der Waals surface area contributed by atoms with Crippen molar-refractivity contribution in [2.45, 2.75) is 26.2 Å². The van der Waals surface area contributed by atoms with Gasteiger partial charge in [0.05, 0.1) is 0 Å². The maximum Gasteiger partial charge on any atom is 0.251 e. The van der Waals surface area contributed by atoms with Crippen LogP contribution >= 0.6 is 12.4 Å². The fourth-order valence-corrected chi connectivity index (χ4v) is 1.83. The number of rotatable bonds is 10. The molecule has 0 heterocycles. The van der Waals surface area contributed by atoms with Crippen LogP contribution < -0.4 is 16.0 Å². The molecule has 3 N–H and O–H groups in total. The lowest BCUT2D eigenvalue weighted by Gasteiger charge is -2.07. The Hall–Kier alpha value is -1.66. The summed E-state index contributed by atoms with van der Waals surface area (Å²) in [5, 5.41) is 8.71. The molecular weight excluding hydrogens is 321 g/mol. The van der Waals surface area contributed by atoms with E-state index < -0.39 is 0 Å². The summed E-state index contributed by atoms with van der Waals surface area (Å²) in [5.41, 5.74) is 0.410. The molecule has 7 heteroatoms. The second-order valence-electron chi connectivity index (χ2n) is 4.97. The number of benzene rings is 1. The van der Waals surface area contributed by atoms with E-state index in [1.807, 2.05) is 0 Å². The summed E-state index contributed by atoms with van der Waals surface area (Å²) < 4.78 is 12.7. The van der Waals surface area contributed by atoms with Crippen molar-refractivity contribution < 1.29 is 14.0 Å². The summed E-state index contributed by atoms with van der Waals surface area (Å²) in [4.78, 5) is 23.3. The molecule has 23 heavy (non-hydrogen) atoms. The third kappa shape index (κ3) is 9.86. The Morgan fingerprint density at radius 1 is 1.00 bits per heavy atom. The average molecular weight is 346 g/mol. The maximum atomic E-state index is 12.7. The SMILES string of the molecule is CCCNCCNC(=O)CCCNC(=O)c1ccc(F)cc1.Cl. The van der Waals surface area contributed by atoms with Crippen molar-refractivity contribution in [1.82, 2.24) is 16.0 Å². The fraction of sp³-hybridized carbons (Fsp3) is 0.500. The normalized spacial score (nSPS) is 9.83. The second-order valence-corrected chi connectivity index (χ2v) is 4.97. The molecule has 0 aliphatic rings. The van der Waals surface area contributed by atoms with E-state index in [1.54, 1.807) is 0 Å². The topological polar surface area (TPSA) is 70.2 Å².